The molecule has 0 aliphatic heterocycles. The van der Waals surface area contributed by atoms with E-state index in [0.717, 1.165) is 25.3 Å². The van der Waals surface area contributed by atoms with Crippen molar-refractivity contribution < 1.29 is 0 Å². The molecule has 0 spiro atoms. The quantitative estimate of drug-likeness (QED) is 0.799. The third-order valence-corrected chi connectivity index (χ3v) is 2.71. The molecule has 0 N–H and O–H groups in total. The van der Waals surface area contributed by atoms with Crippen LogP contribution in [0.2, 0.25) is 0 Å². The molecule has 0 aromatic carbocycles. The zero-order chi connectivity index (χ0) is 12.8. The van der Waals surface area contributed by atoms with Gasteiger partial charge in [0.2, 0.25) is 0 Å². The van der Waals surface area contributed by atoms with Gasteiger partial charge >= 0.3 is 0 Å². The van der Waals surface area contributed by atoms with Gasteiger partial charge < -0.3 is 9.47 Å². The molecule has 5 nitrogen and oxygen atoms in total. The monoisotopic (exact) mass is 241 g/mol. The van der Waals surface area contributed by atoms with Crippen molar-refractivity contribution in [2.24, 2.45) is 0 Å². The Morgan fingerprint density at radius 1 is 1.44 bits per heavy atom. The van der Waals surface area contributed by atoms with Gasteiger partial charge in [0.15, 0.2) is 0 Å². The normalized spacial score (nSPS) is 10.0. The number of nitrogens with zero attached hydrogens (tertiary/aromatic N) is 5. The molecular formula is C13H15N5. The first-order valence-electron chi connectivity index (χ1n) is 5.83. The fourth-order valence-corrected chi connectivity index (χ4v) is 1.72. The van der Waals surface area contributed by atoms with E-state index in [1.807, 2.05) is 36.3 Å². The lowest BCUT2D eigenvalue weighted by Crippen LogP contribution is -2.21. The average Bonchev–Trinajstić information content (AvgIpc) is 2.92. The Labute approximate surface area is 106 Å². The van der Waals surface area contributed by atoms with Crippen LogP contribution in [0.25, 0.3) is 0 Å². The third-order valence-electron chi connectivity index (χ3n) is 2.71. The summed E-state index contributed by atoms with van der Waals surface area (Å²) in [6.07, 6.45) is 6.55. The number of rotatable bonds is 5. The number of nitriles is 1. The number of aromatic nitrogens is 3. The lowest BCUT2D eigenvalue weighted by Gasteiger charge is -2.18. The Balaban J connectivity index is 1.87. The van der Waals surface area contributed by atoms with E-state index in [4.69, 9.17) is 5.26 Å². The lowest BCUT2D eigenvalue weighted by atomic mass is 10.3. The van der Waals surface area contributed by atoms with E-state index in [0.29, 0.717) is 5.69 Å². The maximum absolute atomic E-state index is 8.80. The van der Waals surface area contributed by atoms with Gasteiger partial charge in [-0.25, -0.2) is 9.97 Å². The summed E-state index contributed by atoms with van der Waals surface area (Å²) in [7, 11) is 1.98. The van der Waals surface area contributed by atoms with E-state index in [9.17, 15) is 0 Å². The van der Waals surface area contributed by atoms with Crippen LogP contribution in [0, 0.1) is 11.3 Å². The minimum atomic E-state index is 0.453. The lowest BCUT2D eigenvalue weighted by molar-refractivity contribution is 0.635. The van der Waals surface area contributed by atoms with Gasteiger partial charge in [0.25, 0.3) is 0 Å². The van der Waals surface area contributed by atoms with Crippen molar-refractivity contribution >= 4 is 5.82 Å². The van der Waals surface area contributed by atoms with E-state index in [-0.39, 0.29) is 0 Å². The van der Waals surface area contributed by atoms with Crippen molar-refractivity contribution in [3.63, 3.8) is 0 Å². The van der Waals surface area contributed by atoms with Gasteiger partial charge in [0.05, 0.1) is 6.33 Å². The fourth-order valence-electron chi connectivity index (χ4n) is 1.72. The van der Waals surface area contributed by atoms with Gasteiger partial charge in [-0.1, -0.05) is 6.07 Å². The van der Waals surface area contributed by atoms with Crippen LogP contribution in [-0.2, 0) is 6.54 Å². The molecule has 18 heavy (non-hydrogen) atoms. The molecule has 0 saturated carbocycles. The average molecular weight is 241 g/mol. The minimum absolute atomic E-state index is 0.453. The van der Waals surface area contributed by atoms with Crippen LogP contribution in [0.4, 0.5) is 5.82 Å². The Morgan fingerprint density at radius 3 is 3.06 bits per heavy atom. The standard InChI is InChI=1S/C13H15N5/c1-17(7-3-8-18-9-6-15-11-18)13-5-2-4-12(10-14)16-13/h2,4-6,9,11H,3,7-8H2,1H3. The number of anilines is 1. The predicted molar refractivity (Wildman–Crippen MR) is 69.1 cm³/mol. The molecule has 0 aliphatic carbocycles. The van der Waals surface area contributed by atoms with Gasteiger partial charge in [-0.2, -0.15) is 5.26 Å². The second-order valence-electron chi connectivity index (χ2n) is 4.07. The maximum Gasteiger partial charge on any atom is 0.142 e. The summed E-state index contributed by atoms with van der Waals surface area (Å²) in [5, 5.41) is 8.80. The third kappa shape index (κ3) is 3.08. The van der Waals surface area contributed by atoms with Gasteiger partial charge in [0.1, 0.15) is 17.6 Å². The van der Waals surface area contributed by atoms with E-state index in [2.05, 4.69) is 20.9 Å². The molecule has 92 valence electrons. The van der Waals surface area contributed by atoms with Gasteiger partial charge in [-0.15, -0.1) is 0 Å². The van der Waals surface area contributed by atoms with Crippen LogP contribution >= 0.6 is 0 Å². The molecule has 2 rings (SSSR count). The second-order valence-corrected chi connectivity index (χ2v) is 4.07. The number of hydrogen-bond donors (Lipinski definition) is 0. The van der Waals surface area contributed by atoms with Crippen LogP contribution in [0.5, 0.6) is 0 Å². The first-order valence-corrected chi connectivity index (χ1v) is 5.83. The molecule has 2 aromatic rings. The predicted octanol–water partition coefficient (Wildman–Crippen LogP) is 1.68. The van der Waals surface area contributed by atoms with Crippen LogP contribution in [0.3, 0.4) is 0 Å². The summed E-state index contributed by atoms with van der Waals surface area (Å²) in [5.74, 6) is 0.833. The molecule has 0 saturated heterocycles. The largest absolute Gasteiger partial charge is 0.360 e. The Morgan fingerprint density at radius 2 is 2.33 bits per heavy atom. The molecule has 0 radical (unpaired) electrons. The smallest absolute Gasteiger partial charge is 0.142 e. The number of hydrogen-bond acceptors (Lipinski definition) is 4. The molecule has 5 heteroatoms. The summed E-state index contributed by atoms with van der Waals surface area (Å²) in [4.78, 5) is 10.3. The van der Waals surface area contributed by atoms with Crippen LogP contribution in [0.1, 0.15) is 12.1 Å². The zero-order valence-electron chi connectivity index (χ0n) is 10.3. The Hall–Kier alpha value is -2.35. The maximum atomic E-state index is 8.80. The SMILES string of the molecule is CN(CCCn1ccnc1)c1cccc(C#N)n1. The van der Waals surface area contributed by atoms with Gasteiger partial charge in [-0.05, 0) is 18.6 Å². The summed E-state index contributed by atoms with van der Waals surface area (Å²) in [6.45, 7) is 1.82. The van der Waals surface area contributed by atoms with Crippen molar-refractivity contribution in [2.45, 2.75) is 13.0 Å². The molecule has 0 amide bonds. The highest BCUT2D eigenvalue weighted by Crippen LogP contribution is 2.09. The Bertz CT molecular complexity index is 527. The van der Waals surface area contributed by atoms with E-state index in [1.165, 1.54) is 0 Å². The molecule has 0 bridgehead atoms. The second kappa shape index (κ2) is 5.82. The summed E-state index contributed by atoms with van der Waals surface area (Å²) >= 11 is 0. The summed E-state index contributed by atoms with van der Waals surface area (Å²) in [5.41, 5.74) is 0.453. The molecular weight excluding hydrogens is 226 g/mol. The molecule has 0 fully saturated rings. The number of imidazole rings is 1. The van der Waals surface area contributed by atoms with Crippen LogP contribution in [-0.4, -0.2) is 28.1 Å². The highest BCUT2D eigenvalue weighted by atomic mass is 15.2. The summed E-state index contributed by atoms with van der Waals surface area (Å²) in [6, 6.07) is 7.53. The summed E-state index contributed by atoms with van der Waals surface area (Å²) < 4.78 is 2.05. The zero-order valence-corrected chi connectivity index (χ0v) is 10.3. The van der Waals surface area contributed by atoms with E-state index in [1.54, 1.807) is 12.3 Å². The number of aryl methyl sites for hydroxylation is 1. The van der Waals surface area contributed by atoms with Crippen molar-refractivity contribution in [2.75, 3.05) is 18.5 Å². The fraction of sp³-hybridized carbons (Fsp3) is 0.308. The molecule has 2 aromatic heterocycles. The highest BCUT2D eigenvalue weighted by molar-refractivity contribution is 5.40. The minimum Gasteiger partial charge on any atom is -0.360 e. The van der Waals surface area contributed by atoms with E-state index >= 15 is 0 Å². The first kappa shape index (κ1) is 12.1. The number of pyridine rings is 1. The van der Waals surface area contributed by atoms with Gasteiger partial charge in [0, 0.05) is 32.5 Å². The van der Waals surface area contributed by atoms with Gasteiger partial charge in [-0.3, -0.25) is 0 Å². The molecule has 2 heterocycles. The van der Waals surface area contributed by atoms with Crippen molar-refractivity contribution in [1.29, 1.82) is 5.26 Å². The van der Waals surface area contributed by atoms with Crippen molar-refractivity contribution in [3.8, 4) is 6.07 Å². The molecule has 0 atom stereocenters. The van der Waals surface area contributed by atoms with E-state index < -0.39 is 0 Å². The molecule has 0 aliphatic rings. The van der Waals surface area contributed by atoms with Crippen molar-refractivity contribution in [1.82, 2.24) is 14.5 Å². The van der Waals surface area contributed by atoms with Crippen LogP contribution < -0.4 is 4.90 Å². The van der Waals surface area contributed by atoms with Crippen LogP contribution in [0.15, 0.2) is 36.9 Å². The molecule has 0 unspecified atom stereocenters. The topological polar surface area (TPSA) is 57.7 Å². The van der Waals surface area contributed by atoms with Crippen molar-refractivity contribution in [3.05, 3.63) is 42.6 Å². The first-order chi connectivity index (χ1) is 8.79. The Kier molecular flexibility index (Phi) is 3.92. The highest BCUT2D eigenvalue weighted by Gasteiger charge is 2.03.